The molecule has 0 atom stereocenters. The van der Waals surface area contributed by atoms with Crippen LogP contribution in [0.5, 0.6) is 0 Å². The number of benzene rings is 1. The highest BCUT2D eigenvalue weighted by Crippen LogP contribution is 2.29. The summed E-state index contributed by atoms with van der Waals surface area (Å²) in [4.78, 5) is 8.49. The molecule has 4 rings (SSSR count). The number of fused-ring (bicyclic) bond motifs is 1. The molecule has 126 valence electrons. The van der Waals surface area contributed by atoms with Gasteiger partial charge in [-0.15, -0.1) is 11.8 Å². The van der Waals surface area contributed by atoms with Crippen LogP contribution in [0.4, 0.5) is 15.9 Å². The Morgan fingerprint density at radius 1 is 1.32 bits per heavy atom. The molecule has 9 heteroatoms. The lowest BCUT2D eigenvalue weighted by Gasteiger charge is -2.04. The fourth-order valence-corrected chi connectivity index (χ4v) is 3.08. The summed E-state index contributed by atoms with van der Waals surface area (Å²) >= 11 is 1.52. The van der Waals surface area contributed by atoms with Crippen LogP contribution in [0.2, 0.25) is 0 Å². The van der Waals surface area contributed by atoms with Crippen LogP contribution in [0.15, 0.2) is 48.0 Å². The summed E-state index contributed by atoms with van der Waals surface area (Å²) in [7, 11) is 0. The Hall–Kier alpha value is -2.94. The predicted molar refractivity (Wildman–Crippen MR) is 94.5 cm³/mol. The number of hydrogen-bond acceptors (Lipinski definition) is 6. The first-order valence-corrected chi connectivity index (χ1v) is 8.72. The van der Waals surface area contributed by atoms with Crippen LogP contribution in [0.1, 0.15) is 5.56 Å². The lowest BCUT2D eigenvalue weighted by atomic mass is 10.2. The van der Waals surface area contributed by atoms with Gasteiger partial charge < -0.3 is 5.32 Å². The molecule has 25 heavy (non-hydrogen) atoms. The van der Waals surface area contributed by atoms with E-state index in [1.54, 1.807) is 16.9 Å². The number of nitrogens with one attached hydrogen (secondary N) is 2. The van der Waals surface area contributed by atoms with E-state index in [4.69, 9.17) is 0 Å². The lowest BCUT2D eigenvalue weighted by Crippen LogP contribution is -2.00. The first-order valence-electron chi connectivity index (χ1n) is 7.50. The van der Waals surface area contributed by atoms with Gasteiger partial charge in [0, 0.05) is 6.20 Å². The maximum absolute atomic E-state index is 13.3. The second-order valence-corrected chi connectivity index (χ2v) is 6.16. The lowest BCUT2D eigenvalue weighted by molar-refractivity contribution is 0.619. The van der Waals surface area contributed by atoms with Crippen molar-refractivity contribution in [2.24, 2.45) is 0 Å². The molecule has 0 fully saturated rings. The minimum Gasteiger partial charge on any atom is -0.337 e. The zero-order chi connectivity index (χ0) is 17.2. The Morgan fingerprint density at radius 3 is 3.08 bits per heavy atom. The van der Waals surface area contributed by atoms with Crippen LogP contribution in [-0.2, 0) is 6.54 Å². The van der Waals surface area contributed by atoms with Crippen LogP contribution >= 0.6 is 11.8 Å². The Kier molecular flexibility index (Phi) is 4.06. The van der Waals surface area contributed by atoms with Gasteiger partial charge in [-0.3, -0.25) is 9.78 Å². The van der Waals surface area contributed by atoms with Crippen LogP contribution in [0.3, 0.4) is 0 Å². The molecule has 0 unspecified atom stereocenters. The Bertz CT molecular complexity index is 1030. The third kappa shape index (κ3) is 3.18. The van der Waals surface area contributed by atoms with E-state index >= 15 is 0 Å². The standard InChI is InChI=1S/C16H14FN7S/c1-25-16-13-14(18-9-19-15(13)22-23-16)21-12-6-20-24(8-12)7-10-3-2-4-11(17)5-10/h2-6,8-9H,7H2,1H3,(H2,18,19,21,22,23). The number of nitrogens with zero attached hydrogens (tertiary/aromatic N) is 5. The van der Waals surface area contributed by atoms with E-state index in [9.17, 15) is 4.39 Å². The highest BCUT2D eigenvalue weighted by atomic mass is 32.2. The van der Waals surface area contributed by atoms with Gasteiger partial charge in [0.1, 0.15) is 23.0 Å². The number of H-pyrrole nitrogens is 1. The molecule has 0 radical (unpaired) electrons. The highest BCUT2D eigenvalue weighted by Gasteiger charge is 2.13. The Balaban J connectivity index is 1.58. The second-order valence-electron chi connectivity index (χ2n) is 5.36. The van der Waals surface area contributed by atoms with Crippen LogP contribution in [0, 0.1) is 5.82 Å². The zero-order valence-electron chi connectivity index (χ0n) is 13.3. The van der Waals surface area contributed by atoms with Crippen molar-refractivity contribution in [3.63, 3.8) is 0 Å². The van der Waals surface area contributed by atoms with Gasteiger partial charge in [0.25, 0.3) is 0 Å². The van der Waals surface area contributed by atoms with E-state index in [-0.39, 0.29) is 5.82 Å². The van der Waals surface area contributed by atoms with Crippen molar-refractivity contribution in [3.8, 4) is 0 Å². The number of anilines is 2. The third-order valence-corrected chi connectivity index (χ3v) is 4.33. The van der Waals surface area contributed by atoms with Gasteiger partial charge in [0.15, 0.2) is 5.65 Å². The quantitative estimate of drug-likeness (QED) is 0.535. The fourth-order valence-electron chi connectivity index (χ4n) is 2.55. The third-order valence-electron chi connectivity index (χ3n) is 3.65. The molecule has 0 amide bonds. The molecule has 0 aliphatic carbocycles. The number of rotatable bonds is 5. The van der Waals surface area contributed by atoms with Crippen molar-refractivity contribution in [3.05, 3.63) is 54.4 Å². The molecule has 0 bridgehead atoms. The average molecular weight is 355 g/mol. The summed E-state index contributed by atoms with van der Waals surface area (Å²) in [6.07, 6.45) is 6.97. The molecule has 0 aliphatic heterocycles. The molecular weight excluding hydrogens is 341 g/mol. The van der Waals surface area contributed by atoms with Gasteiger partial charge in [-0.1, -0.05) is 12.1 Å². The molecular formula is C16H14FN7S. The molecule has 0 saturated heterocycles. The molecule has 0 spiro atoms. The minimum absolute atomic E-state index is 0.254. The van der Waals surface area contributed by atoms with E-state index < -0.39 is 0 Å². The van der Waals surface area contributed by atoms with E-state index in [0.29, 0.717) is 18.0 Å². The topological polar surface area (TPSA) is 84.3 Å². The van der Waals surface area contributed by atoms with Crippen molar-refractivity contribution in [2.75, 3.05) is 11.6 Å². The van der Waals surface area contributed by atoms with Crippen LogP contribution < -0.4 is 5.32 Å². The zero-order valence-corrected chi connectivity index (χ0v) is 14.1. The van der Waals surface area contributed by atoms with Gasteiger partial charge >= 0.3 is 0 Å². The summed E-state index contributed by atoms with van der Waals surface area (Å²) in [5.41, 5.74) is 2.30. The van der Waals surface area contributed by atoms with Crippen molar-refractivity contribution in [1.29, 1.82) is 0 Å². The number of aromatic nitrogens is 6. The maximum atomic E-state index is 13.3. The molecule has 0 aliphatic rings. The molecule has 0 saturated carbocycles. The van der Waals surface area contributed by atoms with Crippen molar-refractivity contribution in [2.45, 2.75) is 11.6 Å². The second kappa shape index (κ2) is 6.52. The minimum atomic E-state index is -0.254. The number of aromatic amines is 1. The molecule has 7 nitrogen and oxygen atoms in total. The first kappa shape index (κ1) is 15.6. The predicted octanol–water partition coefficient (Wildman–Crippen LogP) is 3.20. The normalized spacial score (nSPS) is 11.1. The van der Waals surface area contributed by atoms with E-state index in [2.05, 4.69) is 30.6 Å². The number of halogens is 1. The van der Waals surface area contributed by atoms with Gasteiger partial charge in [0.05, 0.1) is 23.8 Å². The van der Waals surface area contributed by atoms with Gasteiger partial charge in [-0.2, -0.15) is 10.2 Å². The molecule has 1 aromatic carbocycles. The maximum Gasteiger partial charge on any atom is 0.161 e. The van der Waals surface area contributed by atoms with Gasteiger partial charge in [0.2, 0.25) is 0 Å². The van der Waals surface area contributed by atoms with Crippen LogP contribution in [-0.4, -0.2) is 36.2 Å². The highest BCUT2D eigenvalue weighted by molar-refractivity contribution is 7.98. The summed E-state index contributed by atoms with van der Waals surface area (Å²) < 4.78 is 15.0. The molecule has 2 N–H and O–H groups in total. The SMILES string of the molecule is CSc1n[nH]c2ncnc(Nc3cnn(Cc4cccc(F)c4)c3)c12. The van der Waals surface area contributed by atoms with Crippen molar-refractivity contribution < 1.29 is 4.39 Å². The number of thioether (sulfide) groups is 1. The summed E-state index contributed by atoms with van der Waals surface area (Å²) in [6, 6.07) is 6.48. The van der Waals surface area contributed by atoms with Gasteiger partial charge in [-0.25, -0.2) is 14.4 Å². The summed E-state index contributed by atoms with van der Waals surface area (Å²) in [5, 5.41) is 16.3. The summed E-state index contributed by atoms with van der Waals surface area (Å²) in [6.45, 7) is 0.487. The van der Waals surface area contributed by atoms with E-state index in [1.807, 2.05) is 18.5 Å². The van der Waals surface area contributed by atoms with Crippen molar-refractivity contribution in [1.82, 2.24) is 29.9 Å². The molecule has 4 aromatic rings. The van der Waals surface area contributed by atoms with Crippen LogP contribution in [0.25, 0.3) is 11.0 Å². The Labute approximate surface area is 146 Å². The molecule has 3 heterocycles. The fraction of sp³-hybridized carbons (Fsp3) is 0.125. The Morgan fingerprint density at radius 2 is 2.24 bits per heavy atom. The van der Waals surface area contributed by atoms with Gasteiger partial charge in [-0.05, 0) is 24.0 Å². The monoisotopic (exact) mass is 355 g/mol. The smallest absolute Gasteiger partial charge is 0.161 e. The molecule has 3 aromatic heterocycles. The van der Waals surface area contributed by atoms with Crippen molar-refractivity contribution >= 4 is 34.3 Å². The number of hydrogen-bond donors (Lipinski definition) is 2. The first-order chi connectivity index (χ1) is 12.2. The van der Waals surface area contributed by atoms with E-state index in [1.165, 1.54) is 30.2 Å². The summed E-state index contributed by atoms with van der Waals surface area (Å²) in [5.74, 6) is 0.407. The average Bonchev–Trinajstić information content (AvgIpc) is 3.22. The van der Waals surface area contributed by atoms with E-state index in [0.717, 1.165) is 21.7 Å². The largest absolute Gasteiger partial charge is 0.337 e.